The zero-order valence-electron chi connectivity index (χ0n) is 9.18. The maximum absolute atomic E-state index is 11.9. The molecular weight excluding hydrogens is 226 g/mol. The fourth-order valence-corrected chi connectivity index (χ4v) is 1.47. The fourth-order valence-electron chi connectivity index (χ4n) is 1.47. The molecule has 0 aromatic rings. The molecule has 0 aromatic heterocycles. The van der Waals surface area contributed by atoms with Gasteiger partial charge >= 0.3 is 12.0 Å². The summed E-state index contributed by atoms with van der Waals surface area (Å²) >= 11 is 0. The Balaban J connectivity index is 2.66. The van der Waals surface area contributed by atoms with E-state index in [1.165, 1.54) is 4.90 Å². The van der Waals surface area contributed by atoms with Crippen LogP contribution in [0.3, 0.4) is 0 Å². The van der Waals surface area contributed by atoms with Crippen molar-refractivity contribution in [3.63, 3.8) is 0 Å². The van der Waals surface area contributed by atoms with Crippen LogP contribution in [0.2, 0.25) is 0 Å². The molecule has 1 saturated heterocycles. The smallest absolute Gasteiger partial charge is 0.323 e. The second-order valence-electron chi connectivity index (χ2n) is 3.51. The third-order valence-corrected chi connectivity index (χ3v) is 2.19. The molecule has 1 aliphatic rings. The number of amides is 3. The van der Waals surface area contributed by atoms with Crippen LogP contribution in [0.1, 0.15) is 0 Å². The minimum absolute atomic E-state index is 0.0699. The van der Waals surface area contributed by atoms with E-state index in [-0.39, 0.29) is 19.0 Å². The van der Waals surface area contributed by atoms with Crippen molar-refractivity contribution in [3.05, 3.63) is 0 Å². The fraction of sp³-hybridized carbons (Fsp3) is 0.500. The van der Waals surface area contributed by atoms with Crippen LogP contribution >= 0.6 is 0 Å². The van der Waals surface area contributed by atoms with Crippen molar-refractivity contribution < 1.29 is 19.5 Å². The number of hydrogen-bond donors (Lipinski definition) is 2. The highest BCUT2D eigenvalue weighted by atomic mass is 16.4. The monoisotopic (exact) mass is 239 g/mol. The van der Waals surface area contributed by atoms with Gasteiger partial charge in [0.1, 0.15) is 13.1 Å². The number of piperazine rings is 1. The van der Waals surface area contributed by atoms with E-state index in [0.717, 1.165) is 4.90 Å². The molecule has 1 aliphatic heterocycles. The number of hydrogen-bond acceptors (Lipinski definition) is 3. The molecule has 0 saturated carbocycles. The van der Waals surface area contributed by atoms with E-state index in [2.05, 4.69) is 11.2 Å². The molecule has 7 nitrogen and oxygen atoms in total. The molecular formula is C10H13N3O4. The van der Waals surface area contributed by atoms with Crippen LogP contribution < -0.4 is 5.32 Å². The molecule has 0 unspecified atom stereocenters. The van der Waals surface area contributed by atoms with E-state index >= 15 is 0 Å². The zero-order valence-corrected chi connectivity index (χ0v) is 9.18. The number of carboxylic acids is 1. The summed E-state index contributed by atoms with van der Waals surface area (Å²) < 4.78 is 0. The van der Waals surface area contributed by atoms with E-state index in [1.807, 2.05) is 0 Å². The lowest BCUT2D eigenvalue weighted by atomic mass is 10.3. The summed E-state index contributed by atoms with van der Waals surface area (Å²) in [4.78, 5) is 35.9. The standard InChI is InChI=1S/C10H13N3O4/c1-2-4-12(7-9(15)16)10(17)13-5-3-11-8(14)6-13/h1H,3-7H2,(H,11,14)(H,15,16). The van der Waals surface area contributed by atoms with Crippen LogP contribution in [0.15, 0.2) is 0 Å². The molecule has 0 bridgehead atoms. The first-order valence-corrected chi connectivity index (χ1v) is 5.00. The molecule has 1 heterocycles. The van der Waals surface area contributed by atoms with E-state index in [0.29, 0.717) is 13.1 Å². The van der Waals surface area contributed by atoms with Crippen LogP contribution in [0.5, 0.6) is 0 Å². The van der Waals surface area contributed by atoms with Gasteiger partial charge in [-0.25, -0.2) is 4.79 Å². The maximum Gasteiger partial charge on any atom is 0.323 e. The summed E-state index contributed by atoms with van der Waals surface area (Å²) in [6.07, 6.45) is 5.07. The molecule has 0 aliphatic carbocycles. The Kier molecular flexibility index (Phi) is 4.34. The Morgan fingerprint density at radius 2 is 2.29 bits per heavy atom. The summed E-state index contributed by atoms with van der Waals surface area (Å²) in [7, 11) is 0. The van der Waals surface area contributed by atoms with Gasteiger partial charge < -0.3 is 20.2 Å². The first-order chi connectivity index (χ1) is 8.04. The topological polar surface area (TPSA) is 90.0 Å². The van der Waals surface area contributed by atoms with Crippen molar-refractivity contribution in [1.29, 1.82) is 0 Å². The summed E-state index contributed by atoms with van der Waals surface area (Å²) in [5.41, 5.74) is 0. The summed E-state index contributed by atoms with van der Waals surface area (Å²) in [6.45, 7) is 0.0801. The number of carbonyl (C=O) groups excluding carboxylic acids is 2. The SMILES string of the molecule is C#CCN(CC(=O)O)C(=O)N1CCNC(=O)C1. The molecule has 92 valence electrons. The average molecular weight is 239 g/mol. The van der Waals surface area contributed by atoms with E-state index in [9.17, 15) is 14.4 Å². The first-order valence-electron chi connectivity index (χ1n) is 5.00. The molecule has 7 heteroatoms. The predicted octanol–water partition coefficient (Wildman–Crippen LogP) is -1.44. The van der Waals surface area contributed by atoms with Gasteiger partial charge in [-0.1, -0.05) is 5.92 Å². The Labute approximate surface area is 98.4 Å². The number of aliphatic carboxylic acids is 1. The zero-order chi connectivity index (χ0) is 12.8. The Bertz CT molecular complexity index is 374. The van der Waals surface area contributed by atoms with Crippen molar-refractivity contribution in [3.8, 4) is 12.3 Å². The van der Waals surface area contributed by atoms with Crippen molar-refractivity contribution >= 4 is 17.9 Å². The van der Waals surface area contributed by atoms with Gasteiger partial charge in [-0.2, -0.15) is 0 Å². The Hall–Kier alpha value is -2.23. The maximum atomic E-state index is 11.9. The average Bonchev–Trinajstić information content (AvgIpc) is 2.27. The molecule has 0 atom stereocenters. The third kappa shape index (κ3) is 3.68. The lowest BCUT2D eigenvalue weighted by molar-refractivity contribution is -0.137. The second-order valence-corrected chi connectivity index (χ2v) is 3.51. The lowest BCUT2D eigenvalue weighted by Crippen LogP contribution is -2.54. The Morgan fingerprint density at radius 3 is 2.82 bits per heavy atom. The molecule has 0 aromatic carbocycles. The van der Waals surface area contributed by atoms with Crippen LogP contribution in [-0.2, 0) is 9.59 Å². The summed E-state index contributed by atoms with van der Waals surface area (Å²) in [5, 5.41) is 11.2. The number of terminal acetylenes is 1. The molecule has 3 amide bonds. The van der Waals surface area contributed by atoms with Crippen molar-refractivity contribution in [2.45, 2.75) is 0 Å². The van der Waals surface area contributed by atoms with Crippen LogP contribution in [0, 0.1) is 12.3 Å². The van der Waals surface area contributed by atoms with Gasteiger partial charge in [0.2, 0.25) is 5.91 Å². The molecule has 17 heavy (non-hydrogen) atoms. The second kappa shape index (κ2) is 5.75. The Morgan fingerprint density at radius 1 is 1.59 bits per heavy atom. The number of nitrogens with zero attached hydrogens (tertiary/aromatic N) is 2. The van der Waals surface area contributed by atoms with Gasteiger partial charge in [0.15, 0.2) is 0 Å². The van der Waals surface area contributed by atoms with Crippen LogP contribution in [-0.4, -0.2) is 65.5 Å². The normalized spacial score (nSPS) is 14.8. The molecule has 0 spiro atoms. The van der Waals surface area contributed by atoms with Gasteiger partial charge in [0.05, 0.1) is 6.54 Å². The van der Waals surface area contributed by atoms with Crippen molar-refractivity contribution in [2.75, 3.05) is 32.7 Å². The summed E-state index contributed by atoms with van der Waals surface area (Å²) in [6, 6.07) is -0.528. The highest BCUT2D eigenvalue weighted by Crippen LogP contribution is 2.01. The minimum atomic E-state index is -1.14. The van der Waals surface area contributed by atoms with Crippen LogP contribution in [0.4, 0.5) is 4.79 Å². The molecule has 2 N–H and O–H groups in total. The summed E-state index contributed by atoms with van der Waals surface area (Å²) in [5.74, 6) is 0.812. The van der Waals surface area contributed by atoms with Gasteiger partial charge in [-0.3, -0.25) is 9.59 Å². The van der Waals surface area contributed by atoms with Crippen molar-refractivity contribution in [1.82, 2.24) is 15.1 Å². The van der Waals surface area contributed by atoms with Crippen molar-refractivity contribution in [2.24, 2.45) is 0 Å². The highest BCUT2D eigenvalue weighted by Gasteiger charge is 2.26. The van der Waals surface area contributed by atoms with E-state index in [4.69, 9.17) is 11.5 Å². The van der Waals surface area contributed by atoms with E-state index in [1.54, 1.807) is 0 Å². The quantitative estimate of drug-likeness (QED) is 0.590. The largest absolute Gasteiger partial charge is 0.480 e. The number of rotatable bonds is 3. The van der Waals surface area contributed by atoms with Gasteiger partial charge in [-0.05, 0) is 0 Å². The number of carbonyl (C=O) groups is 3. The molecule has 1 fully saturated rings. The minimum Gasteiger partial charge on any atom is -0.480 e. The van der Waals surface area contributed by atoms with Gasteiger partial charge in [0, 0.05) is 13.1 Å². The number of urea groups is 1. The molecule has 0 radical (unpaired) electrons. The predicted molar refractivity (Wildman–Crippen MR) is 58.0 cm³/mol. The van der Waals surface area contributed by atoms with Gasteiger partial charge in [-0.15, -0.1) is 6.42 Å². The lowest BCUT2D eigenvalue weighted by Gasteiger charge is -2.31. The van der Waals surface area contributed by atoms with Crippen LogP contribution in [0.25, 0.3) is 0 Å². The highest BCUT2D eigenvalue weighted by molar-refractivity contribution is 5.86. The molecule has 1 rings (SSSR count). The van der Waals surface area contributed by atoms with Gasteiger partial charge in [0.25, 0.3) is 0 Å². The first kappa shape index (κ1) is 12.8. The third-order valence-electron chi connectivity index (χ3n) is 2.19. The number of nitrogens with one attached hydrogen (secondary N) is 1. The number of carboxylic acid groups (broad SMARTS) is 1. The van der Waals surface area contributed by atoms with E-state index < -0.39 is 18.5 Å².